The van der Waals surface area contributed by atoms with E-state index < -0.39 is 23.4 Å². The molecule has 7 rings (SSSR count). The molecule has 1 amide bonds. The highest BCUT2D eigenvalue weighted by Crippen LogP contribution is 2.62. The maximum absolute atomic E-state index is 14.7. The number of methoxy groups -OCH3 is 1. The van der Waals surface area contributed by atoms with Crippen molar-refractivity contribution in [1.82, 2.24) is 4.90 Å². The minimum Gasteiger partial charge on any atom is -0.497 e. The lowest BCUT2D eigenvalue weighted by molar-refractivity contribution is -0.122. The van der Waals surface area contributed by atoms with Gasteiger partial charge in [0.2, 0.25) is 5.91 Å². The van der Waals surface area contributed by atoms with Gasteiger partial charge in [-0.15, -0.1) is 0 Å². The van der Waals surface area contributed by atoms with Crippen LogP contribution in [0.4, 0.5) is 5.69 Å². The van der Waals surface area contributed by atoms with Crippen LogP contribution in [-0.2, 0) is 10.2 Å². The molecule has 0 saturated carbocycles. The Labute approximate surface area is 231 Å². The Bertz CT molecular complexity index is 1690. The molecule has 3 heterocycles. The van der Waals surface area contributed by atoms with E-state index in [4.69, 9.17) is 4.74 Å². The van der Waals surface area contributed by atoms with E-state index in [-0.39, 0.29) is 17.5 Å². The fourth-order valence-corrected chi connectivity index (χ4v) is 6.88. The van der Waals surface area contributed by atoms with E-state index in [1.165, 1.54) is 0 Å². The van der Waals surface area contributed by atoms with E-state index in [1.807, 2.05) is 83.9 Å². The van der Waals surface area contributed by atoms with Crippen LogP contribution in [0.15, 0.2) is 109 Å². The molecule has 1 fully saturated rings. The summed E-state index contributed by atoms with van der Waals surface area (Å²) >= 11 is 0. The number of carbonyl (C=O) groups is 3. The van der Waals surface area contributed by atoms with Crippen LogP contribution < -0.4 is 10.1 Å². The summed E-state index contributed by atoms with van der Waals surface area (Å²) < 4.78 is 5.32. The van der Waals surface area contributed by atoms with Crippen molar-refractivity contribution < 1.29 is 19.1 Å². The molecule has 4 atom stereocenters. The Kier molecular flexibility index (Phi) is 5.46. The van der Waals surface area contributed by atoms with Crippen molar-refractivity contribution in [2.45, 2.75) is 17.5 Å². The number of nitrogens with one attached hydrogen (secondary N) is 1. The normalized spacial score (nSPS) is 23.8. The van der Waals surface area contributed by atoms with Crippen molar-refractivity contribution in [3.8, 4) is 5.75 Å². The molecule has 3 aliphatic rings. The second-order valence-electron chi connectivity index (χ2n) is 10.4. The van der Waals surface area contributed by atoms with Gasteiger partial charge in [0.1, 0.15) is 17.2 Å². The van der Waals surface area contributed by atoms with Gasteiger partial charge in [-0.2, -0.15) is 0 Å². The Hall–Kier alpha value is -4.97. The SMILES string of the molecule is COc1ccc(C(=O)[C@@H]2[C@H](C(=O)c3ccccc3)N3C=Cc4ccccc4[C@H]3[C@@]23C(=O)Nc2ccccc23)cc1. The summed E-state index contributed by atoms with van der Waals surface area (Å²) in [5.41, 5.74) is 2.84. The van der Waals surface area contributed by atoms with Gasteiger partial charge in [-0.05, 0) is 53.1 Å². The maximum Gasteiger partial charge on any atom is 0.238 e. The van der Waals surface area contributed by atoms with Crippen molar-refractivity contribution in [3.63, 3.8) is 0 Å². The number of amides is 1. The van der Waals surface area contributed by atoms with E-state index in [1.54, 1.807) is 43.5 Å². The van der Waals surface area contributed by atoms with Crippen LogP contribution in [0.2, 0.25) is 0 Å². The smallest absolute Gasteiger partial charge is 0.238 e. The summed E-state index contributed by atoms with van der Waals surface area (Å²) in [5.74, 6) is -1.12. The molecule has 4 aromatic carbocycles. The lowest BCUT2D eigenvalue weighted by atomic mass is 9.62. The Morgan fingerprint density at radius 1 is 0.800 bits per heavy atom. The minimum absolute atomic E-state index is 0.199. The largest absolute Gasteiger partial charge is 0.497 e. The molecule has 6 heteroatoms. The number of carbonyl (C=O) groups excluding carboxylic acids is 3. The zero-order valence-corrected chi connectivity index (χ0v) is 21.8. The molecule has 0 aromatic heterocycles. The highest BCUT2D eigenvalue weighted by atomic mass is 16.5. The first-order chi connectivity index (χ1) is 19.6. The molecule has 4 aromatic rings. The molecular weight excluding hydrogens is 500 g/mol. The van der Waals surface area contributed by atoms with Gasteiger partial charge in [-0.1, -0.05) is 72.8 Å². The first kappa shape index (κ1) is 24.1. The van der Waals surface area contributed by atoms with Crippen LogP contribution in [0.1, 0.15) is 43.4 Å². The van der Waals surface area contributed by atoms with Gasteiger partial charge in [-0.3, -0.25) is 14.4 Å². The summed E-state index contributed by atoms with van der Waals surface area (Å²) in [6, 6.07) is 29.8. The third kappa shape index (κ3) is 3.26. The van der Waals surface area contributed by atoms with Crippen LogP contribution in [-0.4, -0.2) is 35.5 Å². The number of nitrogens with zero attached hydrogens (tertiary/aromatic N) is 1. The highest BCUT2D eigenvalue weighted by molar-refractivity contribution is 6.16. The Balaban J connectivity index is 1.53. The number of anilines is 1. The number of benzene rings is 4. The summed E-state index contributed by atoms with van der Waals surface area (Å²) in [5, 5.41) is 3.07. The van der Waals surface area contributed by atoms with Gasteiger partial charge < -0.3 is 15.0 Å². The third-order valence-electron chi connectivity index (χ3n) is 8.55. The monoisotopic (exact) mass is 526 g/mol. The number of rotatable bonds is 5. The number of para-hydroxylation sites is 1. The van der Waals surface area contributed by atoms with Gasteiger partial charge >= 0.3 is 0 Å². The number of hydrogen-bond acceptors (Lipinski definition) is 5. The predicted octanol–water partition coefficient (Wildman–Crippen LogP) is 5.68. The zero-order chi connectivity index (χ0) is 27.4. The standard InChI is InChI=1S/C34H26N2O4/c1-40-24-17-15-23(16-18-24)30(37)28-29(31(38)22-10-3-2-4-11-22)36-20-19-21-9-5-6-12-25(21)32(36)34(28)26-13-7-8-14-27(26)35-33(34)39/h2-20,28-29,32H,1H3,(H,35,39)/t28-,29+,32-,34-/m0/s1. The number of fused-ring (bicyclic) bond motifs is 6. The first-order valence-corrected chi connectivity index (χ1v) is 13.3. The fraction of sp³-hybridized carbons (Fsp3) is 0.147. The van der Waals surface area contributed by atoms with E-state index in [2.05, 4.69) is 5.32 Å². The average Bonchev–Trinajstić information content (AvgIpc) is 3.49. The van der Waals surface area contributed by atoms with Gasteiger partial charge in [0, 0.05) is 23.0 Å². The summed E-state index contributed by atoms with van der Waals surface area (Å²) in [4.78, 5) is 45.6. The van der Waals surface area contributed by atoms with Crippen molar-refractivity contribution in [3.05, 3.63) is 137 Å². The van der Waals surface area contributed by atoms with E-state index in [9.17, 15) is 14.4 Å². The lowest BCUT2D eigenvalue weighted by Crippen LogP contribution is -2.49. The van der Waals surface area contributed by atoms with Crippen LogP contribution in [0.3, 0.4) is 0 Å². The molecule has 196 valence electrons. The molecule has 0 bridgehead atoms. The van der Waals surface area contributed by atoms with Gasteiger partial charge in [-0.25, -0.2) is 0 Å². The van der Waals surface area contributed by atoms with Gasteiger partial charge in [0.25, 0.3) is 0 Å². The second kappa shape index (κ2) is 9.06. The summed E-state index contributed by atoms with van der Waals surface area (Å²) in [6.07, 6.45) is 3.85. The maximum atomic E-state index is 14.7. The molecule has 0 aliphatic carbocycles. The topological polar surface area (TPSA) is 75.7 Å². The van der Waals surface area contributed by atoms with Crippen molar-refractivity contribution in [2.24, 2.45) is 5.92 Å². The van der Waals surface area contributed by atoms with Crippen LogP contribution in [0, 0.1) is 5.92 Å². The highest BCUT2D eigenvalue weighted by Gasteiger charge is 2.70. The van der Waals surface area contributed by atoms with Crippen molar-refractivity contribution in [2.75, 3.05) is 12.4 Å². The van der Waals surface area contributed by atoms with Gasteiger partial charge in [0.05, 0.1) is 19.1 Å². The first-order valence-electron chi connectivity index (χ1n) is 13.3. The van der Waals surface area contributed by atoms with Crippen LogP contribution in [0.25, 0.3) is 6.08 Å². The molecule has 0 unspecified atom stereocenters. The molecule has 3 aliphatic heterocycles. The second-order valence-corrected chi connectivity index (χ2v) is 10.4. The number of hydrogen-bond donors (Lipinski definition) is 1. The number of Topliss-reactive ketones (excluding diaryl/α,β-unsaturated/α-hetero) is 2. The van der Waals surface area contributed by atoms with E-state index in [0.29, 0.717) is 22.6 Å². The third-order valence-corrected chi connectivity index (χ3v) is 8.55. The number of ketones is 2. The minimum atomic E-state index is -1.34. The Morgan fingerprint density at radius 2 is 1.48 bits per heavy atom. The molecule has 6 nitrogen and oxygen atoms in total. The Morgan fingerprint density at radius 3 is 2.25 bits per heavy atom. The zero-order valence-electron chi connectivity index (χ0n) is 21.8. The summed E-state index contributed by atoms with van der Waals surface area (Å²) in [6.45, 7) is 0. The fourth-order valence-electron chi connectivity index (χ4n) is 6.88. The average molecular weight is 527 g/mol. The molecule has 40 heavy (non-hydrogen) atoms. The lowest BCUT2D eigenvalue weighted by Gasteiger charge is -2.38. The quantitative estimate of drug-likeness (QED) is 0.339. The van der Waals surface area contributed by atoms with E-state index in [0.717, 1.165) is 16.7 Å². The summed E-state index contributed by atoms with van der Waals surface area (Å²) in [7, 11) is 1.57. The molecule has 1 spiro atoms. The molecule has 1 saturated heterocycles. The van der Waals surface area contributed by atoms with Gasteiger partial charge in [0.15, 0.2) is 11.6 Å². The molecule has 0 radical (unpaired) electrons. The van der Waals surface area contributed by atoms with Crippen molar-refractivity contribution in [1.29, 1.82) is 0 Å². The predicted molar refractivity (Wildman–Crippen MR) is 152 cm³/mol. The van der Waals surface area contributed by atoms with E-state index >= 15 is 0 Å². The van der Waals surface area contributed by atoms with Crippen LogP contribution in [0.5, 0.6) is 5.75 Å². The molecular formula is C34H26N2O4. The van der Waals surface area contributed by atoms with Crippen molar-refractivity contribution >= 4 is 29.2 Å². The van der Waals surface area contributed by atoms with Crippen LogP contribution >= 0.6 is 0 Å². The number of ether oxygens (including phenoxy) is 1. The molecule has 1 N–H and O–H groups in total.